The maximum atomic E-state index is 11.9. The molecule has 0 aliphatic carbocycles. The van der Waals surface area contributed by atoms with Crippen molar-refractivity contribution >= 4 is 5.91 Å². The molecule has 0 saturated carbocycles. The first kappa shape index (κ1) is 17.2. The van der Waals surface area contributed by atoms with Crippen molar-refractivity contribution in [2.45, 2.75) is 26.2 Å². The molecule has 4 heteroatoms. The molecule has 114 valence electrons. The Morgan fingerprint density at radius 3 is 2.62 bits per heavy atom. The number of hydrogen-bond acceptors (Lipinski definition) is 3. The monoisotopic (exact) mass is 288 g/mol. The zero-order valence-corrected chi connectivity index (χ0v) is 12.7. The molecular weight excluding hydrogens is 264 g/mol. The Hall–Kier alpha value is -1.83. The van der Waals surface area contributed by atoms with Crippen LogP contribution in [0, 0.1) is 11.8 Å². The first-order valence-corrected chi connectivity index (χ1v) is 7.43. The van der Waals surface area contributed by atoms with Crippen molar-refractivity contribution in [2.75, 3.05) is 26.3 Å². The second kappa shape index (κ2) is 10.9. The van der Waals surface area contributed by atoms with E-state index in [-0.39, 0.29) is 5.91 Å². The number of ether oxygens (including phenoxy) is 1. The molecule has 0 heterocycles. The highest BCUT2D eigenvalue weighted by Crippen LogP contribution is 2.03. The van der Waals surface area contributed by atoms with Gasteiger partial charge in [0, 0.05) is 30.9 Å². The van der Waals surface area contributed by atoms with Crippen LogP contribution in [0.3, 0.4) is 0 Å². The van der Waals surface area contributed by atoms with Gasteiger partial charge in [-0.2, -0.15) is 0 Å². The maximum absolute atomic E-state index is 11.9. The van der Waals surface area contributed by atoms with Crippen molar-refractivity contribution in [3.63, 3.8) is 0 Å². The summed E-state index contributed by atoms with van der Waals surface area (Å²) in [7, 11) is 0. The summed E-state index contributed by atoms with van der Waals surface area (Å²) >= 11 is 0. The Morgan fingerprint density at radius 2 is 1.95 bits per heavy atom. The first-order chi connectivity index (χ1) is 10.3. The molecule has 1 rings (SSSR count). The van der Waals surface area contributed by atoms with E-state index in [1.807, 2.05) is 12.1 Å². The normalized spacial score (nSPS) is 9.81. The number of nitrogens with one attached hydrogen (secondary N) is 1. The lowest BCUT2D eigenvalue weighted by molar-refractivity contribution is 0.0940. The third-order valence-electron chi connectivity index (χ3n) is 2.88. The van der Waals surface area contributed by atoms with Crippen LogP contribution in [-0.2, 0) is 4.74 Å². The Morgan fingerprint density at radius 1 is 1.24 bits per heavy atom. The zero-order valence-electron chi connectivity index (χ0n) is 12.7. The molecule has 1 aromatic carbocycles. The summed E-state index contributed by atoms with van der Waals surface area (Å²) in [5, 5.41) is 2.88. The van der Waals surface area contributed by atoms with E-state index in [0.29, 0.717) is 25.3 Å². The summed E-state index contributed by atoms with van der Waals surface area (Å²) in [4.78, 5) is 11.9. The minimum atomic E-state index is -0.0677. The lowest BCUT2D eigenvalue weighted by Gasteiger charge is -2.06. The van der Waals surface area contributed by atoms with E-state index in [1.165, 1.54) is 0 Å². The SMILES string of the molecule is CCCCOCCCNC(=O)c1ccc(C#CCN)cc1. The molecule has 0 aliphatic rings. The fraction of sp³-hybridized carbons (Fsp3) is 0.471. The van der Waals surface area contributed by atoms with E-state index in [4.69, 9.17) is 10.5 Å². The molecule has 0 unspecified atom stereocenters. The second-order valence-corrected chi connectivity index (χ2v) is 4.66. The number of carbonyl (C=O) groups is 1. The van der Waals surface area contributed by atoms with Gasteiger partial charge in [0.05, 0.1) is 6.54 Å². The molecule has 0 spiro atoms. The lowest BCUT2D eigenvalue weighted by atomic mass is 10.1. The number of unbranched alkanes of at least 4 members (excludes halogenated alkanes) is 1. The minimum absolute atomic E-state index is 0.0677. The quantitative estimate of drug-likeness (QED) is 0.567. The Bertz CT molecular complexity index is 472. The third kappa shape index (κ3) is 7.50. The highest BCUT2D eigenvalue weighted by atomic mass is 16.5. The van der Waals surface area contributed by atoms with Crippen LogP contribution >= 0.6 is 0 Å². The molecule has 0 aliphatic heterocycles. The minimum Gasteiger partial charge on any atom is -0.381 e. The van der Waals surface area contributed by atoms with Crippen molar-refractivity contribution in [1.82, 2.24) is 5.32 Å². The van der Waals surface area contributed by atoms with Crippen LogP contribution in [0.25, 0.3) is 0 Å². The van der Waals surface area contributed by atoms with Crippen molar-refractivity contribution in [3.05, 3.63) is 35.4 Å². The number of amides is 1. The van der Waals surface area contributed by atoms with E-state index in [0.717, 1.165) is 31.4 Å². The second-order valence-electron chi connectivity index (χ2n) is 4.66. The fourth-order valence-corrected chi connectivity index (χ4v) is 1.68. The van der Waals surface area contributed by atoms with Gasteiger partial charge >= 0.3 is 0 Å². The Labute approximate surface area is 127 Å². The number of hydrogen-bond donors (Lipinski definition) is 2. The van der Waals surface area contributed by atoms with E-state index in [1.54, 1.807) is 12.1 Å². The molecule has 0 atom stereocenters. The van der Waals surface area contributed by atoms with Crippen molar-refractivity contribution in [2.24, 2.45) is 5.73 Å². The molecule has 4 nitrogen and oxygen atoms in total. The van der Waals surface area contributed by atoms with Gasteiger partial charge in [-0.3, -0.25) is 4.79 Å². The summed E-state index contributed by atoms with van der Waals surface area (Å²) in [6.45, 7) is 4.59. The lowest BCUT2D eigenvalue weighted by Crippen LogP contribution is -2.25. The van der Waals surface area contributed by atoms with Crippen LogP contribution in [0.5, 0.6) is 0 Å². The predicted molar refractivity (Wildman–Crippen MR) is 85.1 cm³/mol. The van der Waals surface area contributed by atoms with Gasteiger partial charge < -0.3 is 15.8 Å². The molecular formula is C17H24N2O2. The number of benzene rings is 1. The molecule has 1 amide bonds. The highest BCUT2D eigenvalue weighted by molar-refractivity contribution is 5.94. The van der Waals surface area contributed by atoms with Crippen LogP contribution in [-0.4, -0.2) is 32.2 Å². The average Bonchev–Trinajstić information content (AvgIpc) is 2.52. The predicted octanol–water partition coefficient (Wildman–Crippen LogP) is 1.93. The van der Waals surface area contributed by atoms with Gasteiger partial charge in [-0.1, -0.05) is 25.2 Å². The summed E-state index contributed by atoms with van der Waals surface area (Å²) in [6.07, 6.45) is 3.06. The smallest absolute Gasteiger partial charge is 0.251 e. The molecule has 3 N–H and O–H groups in total. The Balaban J connectivity index is 2.26. The van der Waals surface area contributed by atoms with Gasteiger partial charge in [-0.15, -0.1) is 0 Å². The first-order valence-electron chi connectivity index (χ1n) is 7.43. The number of carbonyl (C=O) groups excluding carboxylic acids is 1. The topological polar surface area (TPSA) is 64.3 Å². The Kier molecular flexibility index (Phi) is 8.94. The van der Waals surface area contributed by atoms with E-state index < -0.39 is 0 Å². The van der Waals surface area contributed by atoms with Gasteiger partial charge in [0.1, 0.15) is 0 Å². The molecule has 1 aromatic rings. The van der Waals surface area contributed by atoms with Crippen LogP contribution in [0.2, 0.25) is 0 Å². The van der Waals surface area contributed by atoms with E-state index >= 15 is 0 Å². The average molecular weight is 288 g/mol. The van der Waals surface area contributed by atoms with Crippen LogP contribution in [0.4, 0.5) is 0 Å². The van der Waals surface area contributed by atoms with E-state index in [2.05, 4.69) is 24.1 Å². The third-order valence-corrected chi connectivity index (χ3v) is 2.88. The molecule has 0 fully saturated rings. The maximum Gasteiger partial charge on any atom is 0.251 e. The summed E-state index contributed by atoms with van der Waals surface area (Å²) in [5.41, 5.74) is 6.81. The van der Waals surface area contributed by atoms with E-state index in [9.17, 15) is 4.79 Å². The summed E-state index contributed by atoms with van der Waals surface area (Å²) in [5.74, 6) is 5.64. The summed E-state index contributed by atoms with van der Waals surface area (Å²) in [6, 6.07) is 7.19. The van der Waals surface area contributed by atoms with Gasteiger partial charge in [0.25, 0.3) is 5.91 Å². The van der Waals surface area contributed by atoms with Gasteiger partial charge in [-0.25, -0.2) is 0 Å². The molecule has 0 bridgehead atoms. The summed E-state index contributed by atoms with van der Waals surface area (Å²) < 4.78 is 5.44. The standard InChI is InChI=1S/C17H24N2O2/c1-2-3-13-21-14-5-12-19-17(20)16-9-7-15(8-10-16)6-4-11-18/h7-10H,2-3,5,11-14,18H2,1H3,(H,19,20). The number of rotatable bonds is 8. The largest absolute Gasteiger partial charge is 0.381 e. The fourth-order valence-electron chi connectivity index (χ4n) is 1.68. The molecule has 0 radical (unpaired) electrons. The molecule has 0 aromatic heterocycles. The van der Waals surface area contributed by atoms with Crippen molar-refractivity contribution in [3.8, 4) is 11.8 Å². The van der Waals surface area contributed by atoms with Crippen molar-refractivity contribution in [1.29, 1.82) is 0 Å². The van der Waals surface area contributed by atoms with Crippen molar-refractivity contribution < 1.29 is 9.53 Å². The molecule has 0 saturated heterocycles. The van der Waals surface area contributed by atoms with Gasteiger partial charge in [0.2, 0.25) is 0 Å². The van der Waals surface area contributed by atoms with Crippen LogP contribution < -0.4 is 11.1 Å². The highest BCUT2D eigenvalue weighted by Gasteiger charge is 2.03. The number of nitrogens with two attached hydrogens (primary N) is 1. The zero-order chi connectivity index (χ0) is 15.3. The molecule has 21 heavy (non-hydrogen) atoms. The van der Waals surface area contributed by atoms with Gasteiger partial charge in [0.15, 0.2) is 0 Å². The van der Waals surface area contributed by atoms with Crippen LogP contribution in [0.1, 0.15) is 42.1 Å². The van der Waals surface area contributed by atoms with Gasteiger partial charge in [-0.05, 0) is 37.1 Å². The van der Waals surface area contributed by atoms with Crippen LogP contribution in [0.15, 0.2) is 24.3 Å².